The molecule has 3 rings (SSSR count). The molecule has 0 heterocycles. The van der Waals surface area contributed by atoms with Crippen LogP contribution in [0.5, 0.6) is 5.75 Å². The van der Waals surface area contributed by atoms with E-state index in [0.29, 0.717) is 11.4 Å². The highest BCUT2D eigenvalue weighted by atomic mass is 32.2. The Morgan fingerprint density at radius 2 is 1.64 bits per heavy atom. The fraction of sp³-hybridized carbons (Fsp3) is 0.500. The van der Waals surface area contributed by atoms with Crippen molar-refractivity contribution in [1.82, 2.24) is 4.31 Å². The third-order valence-electron chi connectivity index (χ3n) is 6.79. The van der Waals surface area contributed by atoms with Gasteiger partial charge in [-0.25, -0.2) is 8.42 Å². The summed E-state index contributed by atoms with van der Waals surface area (Å²) in [6.45, 7) is 6.43. The first-order chi connectivity index (χ1) is 15.6. The van der Waals surface area contributed by atoms with E-state index >= 15 is 0 Å². The first-order valence-electron chi connectivity index (χ1n) is 11.7. The molecule has 0 unspecified atom stereocenters. The third-order valence-corrected chi connectivity index (χ3v) is 8.72. The first-order valence-corrected chi connectivity index (χ1v) is 13.2. The standard InChI is InChI=1S/C26H36N2O4S/c1-5-26(2,3)20-11-15-23(16-12-20)32-19-25(29)27-21-13-17-24(18-14-21)33(30,31)28(4)22-9-7-6-8-10-22/h11-18,22H,5-10,19H2,1-4H3,(H,27,29). The molecule has 6 nitrogen and oxygen atoms in total. The van der Waals surface area contributed by atoms with E-state index < -0.39 is 10.0 Å². The number of sulfonamides is 1. The van der Waals surface area contributed by atoms with Gasteiger partial charge < -0.3 is 10.1 Å². The molecule has 0 bridgehead atoms. The second-order valence-corrected chi connectivity index (χ2v) is 11.4. The molecule has 0 radical (unpaired) electrons. The first kappa shape index (κ1) is 25.2. The van der Waals surface area contributed by atoms with Crippen molar-refractivity contribution < 1.29 is 17.9 Å². The maximum atomic E-state index is 12.9. The van der Waals surface area contributed by atoms with Gasteiger partial charge in [0.05, 0.1) is 4.90 Å². The van der Waals surface area contributed by atoms with Crippen LogP contribution < -0.4 is 10.1 Å². The van der Waals surface area contributed by atoms with Crippen molar-refractivity contribution in [3.63, 3.8) is 0 Å². The highest BCUT2D eigenvalue weighted by molar-refractivity contribution is 7.89. The molecule has 7 heteroatoms. The molecule has 1 aliphatic carbocycles. The van der Waals surface area contributed by atoms with Crippen molar-refractivity contribution in [3.8, 4) is 5.75 Å². The number of hydrogen-bond donors (Lipinski definition) is 1. The van der Waals surface area contributed by atoms with Gasteiger partial charge in [-0.1, -0.05) is 52.2 Å². The van der Waals surface area contributed by atoms with Crippen LogP contribution in [0.25, 0.3) is 0 Å². The normalized spacial score (nSPS) is 15.4. The average molecular weight is 473 g/mol. The van der Waals surface area contributed by atoms with Crippen LogP contribution in [-0.4, -0.2) is 38.3 Å². The van der Waals surface area contributed by atoms with E-state index in [1.54, 1.807) is 31.3 Å². The summed E-state index contributed by atoms with van der Waals surface area (Å²) in [5, 5.41) is 2.76. The zero-order valence-corrected chi connectivity index (χ0v) is 21.0. The summed E-state index contributed by atoms with van der Waals surface area (Å²) in [5.41, 5.74) is 1.86. The van der Waals surface area contributed by atoms with E-state index in [0.717, 1.165) is 32.1 Å². The molecular weight excluding hydrogens is 436 g/mol. The van der Waals surface area contributed by atoms with Gasteiger partial charge in [0.25, 0.3) is 5.91 Å². The summed E-state index contributed by atoms with van der Waals surface area (Å²) >= 11 is 0. The van der Waals surface area contributed by atoms with Gasteiger partial charge in [-0.3, -0.25) is 4.79 Å². The molecule has 1 saturated carbocycles. The van der Waals surface area contributed by atoms with E-state index in [1.807, 2.05) is 24.3 Å². The van der Waals surface area contributed by atoms with Crippen molar-refractivity contribution >= 4 is 21.6 Å². The summed E-state index contributed by atoms with van der Waals surface area (Å²) in [6, 6.07) is 14.2. The monoisotopic (exact) mass is 472 g/mol. The van der Waals surface area contributed by atoms with Crippen LogP contribution in [0.1, 0.15) is 64.9 Å². The van der Waals surface area contributed by atoms with Gasteiger partial charge in [-0.05, 0) is 66.6 Å². The second-order valence-electron chi connectivity index (χ2n) is 9.44. The number of nitrogens with zero attached hydrogens (tertiary/aromatic N) is 1. The van der Waals surface area contributed by atoms with Crippen LogP contribution in [0.2, 0.25) is 0 Å². The van der Waals surface area contributed by atoms with Crippen molar-refractivity contribution in [2.45, 2.75) is 75.6 Å². The van der Waals surface area contributed by atoms with Crippen LogP contribution >= 0.6 is 0 Å². The van der Waals surface area contributed by atoms with Crippen molar-refractivity contribution in [1.29, 1.82) is 0 Å². The molecule has 0 atom stereocenters. The topological polar surface area (TPSA) is 75.7 Å². The summed E-state index contributed by atoms with van der Waals surface area (Å²) in [7, 11) is -1.89. The fourth-order valence-corrected chi connectivity index (χ4v) is 5.49. The zero-order valence-electron chi connectivity index (χ0n) is 20.1. The number of hydrogen-bond acceptors (Lipinski definition) is 4. The molecule has 2 aromatic carbocycles. The molecule has 1 fully saturated rings. The van der Waals surface area contributed by atoms with Crippen LogP contribution in [0.3, 0.4) is 0 Å². The quantitative estimate of drug-likeness (QED) is 0.534. The maximum Gasteiger partial charge on any atom is 0.262 e. The summed E-state index contributed by atoms with van der Waals surface area (Å²) in [5.74, 6) is 0.330. The Bertz CT molecular complexity index is 1020. The van der Waals surface area contributed by atoms with E-state index in [4.69, 9.17) is 4.74 Å². The lowest BCUT2D eigenvalue weighted by atomic mass is 9.82. The van der Waals surface area contributed by atoms with Crippen LogP contribution in [0.4, 0.5) is 5.69 Å². The number of benzene rings is 2. The largest absolute Gasteiger partial charge is 0.484 e. The van der Waals surface area contributed by atoms with Gasteiger partial charge in [0, 0.05) is 18.8 Å². The molecule has 0 aromatic heterocycles. The highest BCUT2D eigenvalue weighted by Crippen LogP contribution is 2.28. The number of anilines is 1. The Labute approximate surface area is 198 Å². The molecule has 0 saturated heterocycles. The number of nitrogens with one attached hydrogen (secondary N) is 1. The summed E-state index contributed by atoms with van der Waals surface area (Å²) in [4.78, 5) is 12.5. The molecule has 33 heavy (non-hydrogen) atoms. The third kappa shape index (κ3) is 6.36. The van der Waals surface area contributed by atoms with E-state index in [-0.39, 0.29) is 28.9 Å². The lowest BCUT2D eigenvalue weighted by Crippen LogP contribution is -2.38. The molecule has 1 N–H and O–H groups in total. The van der Waals surface area contributed by atoms with Gasteiger partial charge >= 0.3 is 0 Å². The van der Waals surface area contributed by atoms with Crippen LogP contribution in [0.15, 0.2) is 53.4 Å². The van der Waals surface area contributed by atoms with E-state index in [1.165, 1.54) is 16.3 Å². The maximum absolute atomic E-state index is 12.9. The van der Waals surface area contributed by atoms with Crippen molar-refractivity contribution in [2.75, 3.05) is 19.0 Å². The molecule has 1 aliphatic rings. The van der Waals surface area contributed by atoms with Gasteiger partial charge in [0.1, 0.15) is 5.75 Å². The zero-order chi connectivity index (χ0) is 24.1. The second kappa shape index (κ2) is 10.7. The van der Waals surface area contributed by atoms with Gasteiger partial charge in [-0.2, -0.15) is 4.31 Å². The van der Waals surface area contributed by atoms with Crippen LogP contribution in [0, 0.1) is 0 Å². The number of carbonyl (C=O) groups is 1. The van der Waals surface area contributed by atoms with E-state index in [9.17, 15) is 13.2 Å². The predicted octanol–water partition coefficient (Wildman–Crippen LogP) is 5.34. The molecule has 0 aliphatic heterocycles. The smallest absolute Gasteiger partial charge is 0.262 e. The van der Waals surface area contributed by atoms with E-state index in [2.05, 4.69) is 26.1 Å². The highest BCUT2D eigenvalue weighted by Gasteiger charge is 2.29. The number of carbonyl (C=O) groups excluding carboxylic acids is 1. The molecule has 0 spiro atoms. The van der Waals surface area contributed by atoms with Gasteiger partial charge in [-0.15, -0.1) is 0 Å². The summed E-state index contributed by atoms with van der Waals surface area (Å²) in [6.07, 6.45) is 6.15. The van der Waals surface area contributed by atoms with Gasteiger partial charge in [0.15, 0.2) is 6.61 Å². The fourth-order valence-electron chi connectivity index (χ4n) is 4.07. The SMILES string of the molecule is CCC(C)(C)c1ccc(OCC(=O)Nc2ccc(S(=O)(=O)N(C)C3CCCCC3)cc2)cc1. The molecule has 180 valence electrons. The minimum atomic E-state index is -3.55. The van der Waals surface area contributed by atoms with Gasteiger partial charge in [0.2, 0.25) is 10.0 Å². The Kier molecular flexibility index (Phi) is 8.19. The minimum absolute atomic E-state index is 0.0578. The van der Waals surface area contributed by atoms with Crippen LogP contribution in [-0.2, 0) is 20.2 Å². The Hall–Kier alpha value is -2.38. The number of amides is 1. The average Bonchev–Trinajstić information content (AvgIpc) is 2.83. The molecule has 2 aromatic rings. The number of ether oxygens (including phenoxy) is 1. The Balaban J connectivity index is 1.54. The number of rotatable bonds is 9. The Morgan fingerprint density at radius 3 is 2.21 bits per heavy atom. The summed E-state index contributed by atoms with van der Waals surface area (Å²) < 4.78 is 33.0. The lowest BCUT2D eigenvalue weighted by Gasteiger charge is -2.30. The molecule has 1 amide bonds. The minimum Gasteiger partial charge on any atom is -0.484 e. The lowest BCUT2D eigenvalue weighted by molar-refractivity contribution is -0.118. The predicted molar refractivity (Wildman–Crippen MR) is 132 cm³/mol. The van der Waals surface area contributed by atoms with Crippen molar-refractivity contribution in [3.05, 3.63) is 54.1 Å². The molecular formula is C26H36N2O4S. The Morgan fingerprint density at radius 1 is 1.03 bits per heavy atom. The van der Waals surface area contributed by atoms with Crippen molar-refractivity contribution in [2.24, 2.45) is 0 Å².